The summed E-state index contributed by atoms with van der Waals surface area (Å²) in [6, 6.07) is 6.73. The second-order valence-electron chi connectivity index (χ2n) is 6.73. The predicted molar refractivity (Wildman–Crippen MR) is 112 cm³/mol. The SMILES string of the molecule is COC(=O)c1cccc2c(-c3cnn(C)c3Cl)cc(C(=O)NCCCCCF)nc12. The lowest BCUT2D eigenvalue weighted by Crippen LogP contribution is -2.25. The van der Waals surface area contributed by atoms with Gasteiger partial charge in [-0.25, -0.2) is 9.78 Å². The van der Waals surface area contributed by atoms with Crippen LogP contribution in [0.3, 0.4) is 0 Å². The number of aromatic nitrogens is 3. The highest BCUT2D eigenvalue weighted by atomic mass is 35.5. The van der Waals surface area contributed by atoms with Crippen molar-refractivity contribution in [2.75, 3.05) is 20.3 Å². The Morgan fingerprint density at radius 3 is 2.70 bits per heavy atom. The standard InChI is InChI=1S/C21H22ClFN4O3/c1-27-19(22)16(12-25-27)15-11-17(20(28)24-10-5-3-4-9-23)26-18-13(15)7-6-8-14(18)21(29)30-2/h6-8,11-12H,3-5,9-10H2,1-2H3,(H,24,28). The normalized spacial score (nSPS) is 10.9. The molecule has 3 rings (SSSR count). The van der Waals surface area contributed by atoms with Gasteiger partial charge in [0.05, 0.1) is 31.1 Å². The van der Waals surface area contributed by atoms with Crippen molar-refractivity contribution in [2.45, 2.75) is 19.3 Å². The molecule has 0 spiro atoms. The monoisotopic (exact) mass is 432 g/mol. The number of aryl methyl sites for hydroxylation is 1. The number of nitrogens with zero attached hydrogens (tertiary/aromatic N) is 3. The molecular weight excluding hydrogens is 411 g/mol. The Kier molecular flexibility index (Phi) is 6.99. The predicted octanol–water partition coefficient (Wildman–Crippen LogP) is 3.94. The fourth-order valence-electron chi connectivity index (χ4n) is 3.15. The van der Waals surface area contributed by atoms with E-state index < -0.39 is 11.9 Å². The second-order valence-corrected chi connectivity index (χ2v) is 7.08. The van der Waals surface area contributed by atoms with Crippen molar-refractivity contribution >= 4 is 34.4 Å². The highest BCUT2D eigenvalue weighted by Crippen LogP contribution is 2.34. The summed E-state index contributed by atoms with van der Waals surface area (Å²) >= 11 is 6.39. The molecule has 9 heteroatoms. The Bertz CT molecular complexity index is 1080. The average molecular weight is 433 g/mol. The van der Waals surface area contributed by atoms with Gasteiger partial charge in [-0.15, -0.1) is 0 Å². The average Bonchev–Trinajstić information content (AvgIpc) is 3.09. The second kappa shape index (κ2) is 9.67. The van der Waals surface area contributed by atoms with Gasteiger partial charge in [0, 0.05) is 24.5 Å². The molecule has 0 bridgehead atoms. The summed E-state index contributed by atoms with van der Waals surface area (Å²) in [5.41, 5.74) is 1.97. The number of nitrogens with one attached hydrogen (secondary N) is 1. The number of benzene rings is 1. The van der Waals surface area contributed by atoms with Crippen LogP contribution in [0.2, 0.25) is 5.15 Å². The van der Waals surface area contributed by atoms with E-state index in [0.29, 0.717) is 53.0 Å². The molecule has 0 saturated heterocycles. The van der Waals surface area contributed by atoms with Crippen molar-refractivity contribution in [3.05, 3.63) is 46.9 Å². The molecule has 2 aromatic heterocycles. The lowest BCUT2D eigenvalue weighted by molar-refractivity contribution is 0.0602. The molecule has 3 aromatic rings. The van der Waals surface area contributed by atoms with Crippen molar-refractivity contribution in [3.8, 4) is 11.1 Å². The first-order valence-electron chi connectivity index (χ1n) is 9.52. The summed E-state index contributed by atoms with van der Waals surface area (Å²) in [6.07, 6.45) is 3.42. The molecule has 158 valence electrons. The highest BCUT2D eigenvalue weighted by molar-refractivity contribution is 6.32. The number of alkyl halides is 1. The van der Waals surface area contributed by atoms with Crippen LogP contribution >= 0.6 is 11.6 Å². The molecule has 7 nitrogen and oxygen atoms in total. The first kappa shape index (κ1) is 21.7. The van der Waals surface area contributed by atoms with Gasteiger partial charge in [0.1, 0.15) is 10.8 Å². The Morgan fingerprint density at radius 1 is 1.23 bits per heavy atom. The number of fused-ring (bicyclic) bond motifs is 1. The number of ether oxygens (including phenoxy) is 1. The van der Waals surface area contributed by atoms with Gasteiger partial charge < -0.3 is 10.1 Å². The van der Waals surface area contributed by atoms with Crippen LogP contribution in [-0.2, 0) is 11.8 Å². The minimum absolute atomic E-state index is 0.138. The number of methoxy groups -OCH3 is 1. The van der Waals surface area contributed by atoms with E-state index in [1.54, 1.807) is 37.5 Å². The van der Waals surface area contributed by atoms with Gasteiger partial charge in [-0.3, -0.25) is 13.9 Å². The van der Waals surface area contributed by atoms with Crippen LogP contribution in [0.15, 0.2) is 30.5 Å². The molecule has 0 aliphatic heterocycles. The molecule has 1 aromatic carbocycles. The van der Waals surface area contributed by atoms with Crippen LogP contribution in [0.1, 0.15) is 40.1 Å². The van der Waals surface area contributed by atoms with Gasteiger partial charge in [0.25, 0.3) is 5.91 Å². The first-order valence-corrected chi connectivity index (χ1v) is 9.89. The van der Waals surface area contributed by atoms with Crippen LogP contribution in [0.5, 0.6) is 0 Å². The summed E-state index contributed by atoms with van der Waals surface area (Å²) in [5.74, 6) is -0.946. The summed E-state index contributed by atoms with van der Waals surface area (Å²) in [4.78, 5) is 29.4. The van der Waals surface area contributed by atoms with E-state index in [1.807, 2.05) is 0 Å². The summed E-state index contributed by atoms with van der Waals surface area (Å²) in [7, 11) is 2.99. The fraction of sp³-hybridized carbons (Fsp3) is 0.333. The van der Waals surface area contributed by atoms with Gasteiger partial charge in [0.2, 0.25) is 0 Å². The van der Waals surface area contributed by atoms with Crippen LogP contribution < -0.4 is 5.32 Å². The fourth-order valence-corrected chi connectivity index (χ4v) is 3.35. The van der Waals surface area contributed by atoms with Crippen molar-refractivity contribution < 1.29 is 18.7 Å². The number of para-hydroxylation sites is 1. The van der Waals surface area contributed by atoms with Crippen LogP contribution in [0.25, 0.3) is 22.0 Å². The largest absolute Gasteiger partial charge is 0.465 e. The third-order valence-corrected chi connectivity index (χ3v) is 5.18. The number of carbonyl (C=O) groups is 2. The lowest BCUT2D eigenvalue weighted by Gasteiger charge is -2.12. The van der Waals surface area contributed by atoms with E-state index in [1.165, 1.54) is 11.8 Å². The van der Waals surface area contributed by atoms with Gasteiger partial charge in [-0.2, -0.15) is 5.10 Å². The molecule has 1 amide bonds. The van der Waals surface area contributed by atoms with Gasteiger partial charge in [0.15, 0.2) is 0 Å². The van der Waals surface area contributed by atoms with E-state index in [0.717, 1.165) is 0 Å². The molecule has 0 radical (unpaired) electrons. The number of unbranched alkanes of at least 4 members (excludes halogenated alkanes) is 2. The summed E-state index contributed by atoms with van der Waals surface area (Å²) in [6.45, 7) is 0.0336. The van der Waals surface area contributed by atoms with Gasteiger partial charge in [-0.1, -0.05) is 23.7 Å². The molecular formula is C21H22ClFN4O3. The number of pyridine rings is 1. The Labute approximate surface area is 178 Å². The Balaban J connectivity index is 2.08. The van der Waals surface area contributed by atoms with E-state index in [-0.39, 0.29) is 17.9 Å². The highest BCUT2D eigenvalue weighted by Gasteiger charge is 2.20. The maximum atomic E-state index is 12.7. The molecule has 2 heterocycles. The topological polar surface area (TPSA) is 86.1 Å². The van der Waals surface area contributed by atoms with Crippen molar-refractivity contribution in [2.24, 2.45) is 7.05 Å². The lowest BCUT2D eigenvalue weighted by atomic mass is 10.00. The van der Waals surface area contributed by atoms with Crippen LogP contribution in [0.4, 0.5) is 4.39 Å². The zero-order chi connectivity index (χ0) is 21.7. The van der Waals surface area contributed by atoms with Crippen molar-refractivity contribution in [3.63, 3.8) is 0 Å². The molecule has 0 unspecified atom stereocenters. The van der Waals surface area contributed by atoms with Gasteiger partial charge in [-0.05, 0) is 37.0 Å². The zero-order valence-electron chi connectivity index (χ0n) is 16.7. The van der Waals surface area contributed by atoms with Crippen LogP contribution in [0, 0.1) is 0 Å². The van der Waals surface area contributed by atoms with Gasteiger partial charge >= 0.3 is 5.97 Å². The van der Waals surface area contributed by atoms with Crippen molar-refractivity contribution in [1.82, 2.24) is 20.1 Å². The smallest absolute Gasteiger partial charge is 0.340 e. The molecule has 0 aliphatic rings. The summed E-state index contributed by atoms with van der Waals surface area (Å²) in [5, 5.41) is 7.99. The molecule has 1 N–H and O–H groups in total. The molecule has 0 atom stereocenters. The maximum absolute atomic E-state index is 12.7. The van der Waals surface area contributed by atoms with E-state index in [9.17, 15) is 14.0 Å². The minimum atomic E-state index is -0.555. The summed E-state index contributed by atoms with van der Waals surface area (Å²) < 4.78 is 18.6. The molecule has 0 fully saturated rings. The Hall–Kier alpha value is -3.00. The Morgan fingerprint density at radius 2 is 2.03 bits per heavy atom. The maximum Gasteiger partial charge on any atom is 0.340 e. The van der Waals surface area contributed by atoms with Crippen LogP contribution in [-0.4, -0.2) is 47.0 Å². The molecule has 0 saturated carbocycles. The van der Waals surface area contributed by atoms with E-state index >= 15 is 0 Å². The third kappa shape index (κ3) is 4.43. The zero-order valence-corrected chi connectivity index (χ0v) is 17.5. The molecule has 30 heavy (non-hydrogen) atoms. The third-order valence-electron chi connectivity index (χ3n) is 4.73. The number of rotatable bonds is 8. The number of hydrogen-bond acceptors (Lipinski definition) is 5. The first-order chi connectivity index (χ1) is 14.5. The molecule has 0 aliphatic carbocycles. The van der Waals surface area contributed by atoms with E-state index in [2.05, 4.69) is 15.4 Å². The quantitative estimate of drug-likeness (QED) is 0.430. The number of esters is 1. The number of amides is 1. The number of halogens is 2. The minimum Gasteiger partial charge on any atom is -0.465 e. The number of carbonyl (C=O) groups excluding carboxylic acids is 2. The van der Waals surface area contributed by atoms with E-state index in [4.69, 9.17) is 16.3 Å². The number of hydrogen-bond donors (Lipinski definition) is 1. The van der Waals surface area contributed by atoms with Crippen molar-refractivity contribution in [1.29, 1.82) is 0 Å².